The van der Waals surface area contributed by atoms with E-state index in [2.05, 4.69) is 66.7 Å². The molecule has 0 aliphatic heterocycles. The fourth-order valence-corrected chi connectivity index (χ4v) is 6.62. The molecule has 0 amide bonds. The van der Waals surface area contributed by atoms with Crippen molar-refractivity contribution in [3.63, 3.8) is 0 Å². The first-order valence-electron chi connectivity index (χ1n) is 8.81. The lowest BCUT2D eigenvalue weighted by Crippen LogP contribution is -1.77. The summed E-state index contributed by atoms with van der Waals surface area (Å²) in [6, 6.07) is 28.1. The predicted octanol–water partition coefficient (Wildman–Crippen LogP) is 8.74. The van der Waals surface area contributed by atoms with Crippen molar-refractivity contribution < 1.29 is 0 Å². The molecule has 3 heteroatoms. The van der Waals surface area contributed by atoms with Crippen LogP contribution in [-0.2, 0) is 0 Å². The van der Waals surface area contributed by atoms with Gasteiger partial charge in [0.05, 0.1) is 0 Å². The van der Waals surface area contributed by atoms with Crippen molar-refractivity contribution in [2.24, 2.45) is 0 Å². The molecule has 0 N–H and O–H groups in total. The van der Waals surface area contributed by atoms with Gasteiger partial charge in [-0.15, -0.1) is 22.7 Å². The molecule has 0 atom stereocenters. The zero-order chi connectivity index (χ0) is 18.0. The fourth-order valence-electron chi connectivity index (χ4n) is 3.92. The van der Waals surface area contributed by atoms with Crippen LogP contribution in [0.4, 0.5) is 0 Å². The largest absolute Gasteiger partial charge is 0.135 e. The Bertz CT molecular complexity index is 1470. The lowest BCUT2D eigenvalue weighted by molar-refractivity contribution is 1.67. The third kappa shape index (κ3) is 2.28. The minimum Gasteiger partial charge on any atom is -0.135 e. The molecule has 0 nitrogen and oxygen atoms in total. The Kier molecular flexibility index (Phi) is 3.36. The van der Waals surface area contributed by atoms with E-state index in [1.165, 1.54) is 51.5 Å². The third-order valence-corrected chi connectivity index (χ3v) is 7.82. The SMILES string of the molecule is Clc1ccc(-c2cccc3c2sc2c3ccc3sc4ccccc4c32)cc1. The van der Waals surface area contributed by atoms with Crippen LogP contribution in [0.15, 0.2) is 78.9 Å². The van der Waals surface area contributed by atoms with Gasteiger partial charge in [-0.1, -0.05) is 66.2 Å². The number of benzene rings is 4. The number of hydrogen-bond acceptors (Lipinski definition) is 2. The number of hydrogen-bond donors (Lipinski definition) is 0. The summed E-state index contributed by atoms with van der Waals surface area (Å²) in [7, 11) is 0. The van der Waals surface area contributed by atoms with Gasteiger partial charge in [0.15, 0.2) is 0 Å². The summed E-state index contributed by atoms with van der Waals surface area (Å²) in [5.74, 6) is 0. The maximum atomic E-state index is 6.09. The van der Waals surface area contributed by atoms with E-state index in [0.29, 0.717) is 0 Å². The Balaban J connectivity index is 1.77. The maximum Gasteiger partial charge on any atom is 0.0448 e. The Morgan fingerprint density at radius 2 is 1.33 bits per heavy atom. The Hall–Kier alpha value is -2.39. The summed E-state index contributed by atoms with van der Waals surface area (Å²) in [6.45, 7) is 0. The van der Waals surface area contributed by atoms with Crippen LogP contribution >= 0.6 is 34.3 Å². The summed E-state index contributed by atoms with van der Waals surface area (Å²) in [5, 5.41) is 6.22. The second-order valence-corrected chi connectivity index (χ2v) is 9.25. The fraction of sp³-hybridized carbons (Fsp3) is 0. The topological polar surface area (TPSA) is 0 Å². The van der Waals surface area contributed by atoms with E-state index in [1.807, 2.05) is 34.8 Å². The van der Waals surface area contributed by atoms with Gasteiger partial charge in [0, 0.05) is 45.4 Å². The molecule has 0 saturated carbocycles. The van der Waals surface area contributed by atoms with Crippen molar-refractivity contribution in [3.05, 3.63) is 83.9 Å². The van der Waals surface area contributed by atoms with Crippen molar-refractivity contribution >= 4 is 74.6 Å². The van der Waals surface area contributed by atoms with E-state index in [0.717, 1.165) is 5.02 Å². The molecule has 6 aromatic rings. The predicted molar refractivity (Wildman–Crippen MR) is 123 cm³/mol. The van der Waals surface area contributed by atoms with Crippen molar-refractivity contribution in [2.45, 2.75) is 0 Å². The highest BCUT2D eigenvalue weighted by Gasteiger charge is 2.15. The average molecular weight is 401 g/mol. The van der Waals surface area contributed by atoms with Crippen molar-refractivity contribution in [1.82, 2.24) is 0 Å². The minimum atomic E-state index is 0.772. The molecule has 0 aliphatic rings. The summed E-state index contributed by atoms with van der Waals surface area (Å²) < 4.78 is 5.46. The molecule has 27 heavy (non-hydrogen) atoms. The first kappa shape index (κ1) is 15.6. The lowest BCUT2D eigenvalue weighted by atomic mass is 10.0. The molecule has 2 aromatic heterocycles. The van der Waals surface area contributed by atoms with E-state index in [1.54, 1.807) is 0 Å². The molecule has 0 unspecified atom stereocenters. The first-order chi connectivity index (χ1) is 13.3. The van der Waals surface area contributed by atoms with Gasteiger partial charge in [-0.05, 0) is 35.4 Å². The van der Waals surface area contributed by atoms with E-state index in [-0.39, 0.29) is 0 Å². The van der Waals surface area contributed by atoms with E-state index >= 15 is 0 Å². The average Bonchev–Trinajstić information content (AvgIpc) is 3.26. The summed E-state index contributed by atoms with van der Waals surface area (Å²) in [4.78, 5) is 0. The van der Waals surface area contributed by atoms with Gasteiger partial charge in [-0.3, -0.25) is 0 Å². The van der Waals surface area contributed by atoms with Crippen molar-refractivity contribution in [3.8, 4) is 11.1 Å². The van der Waals surface area contributed by atoms with Gasteiger partial charge >= 0.3 is 0 Å². The van der Waals surface area contributed by atoms with Crippen molar-refractivity contribution in [2.75, 3.05) is 0 Å². The third-order valence-electron chi connectivity index (χ3n) is 5.16. The van der Waals surface area contributed by atoms with Gasteiger partial charge < -0.3 is 0 Å². The van der Waals surface area contributed by atoms with Crippen LogP contribution < -0.4 is 0 Å². The molecular formula is C24H13ClS2. The lowest BCUT2D eigenvalue weighted by Gasteiger charge is -2.03. The van der Waals surface area contributed by atoms with Crippen LogP contribution in [0.5, 0.6) is 0 Å². The molecule has 0 radical (unpaired) electrons. The highest BCUT2D eigenvalue weighted by molar-refractivity contribution is 7.30. The molecule has 0 aliphatic carbocycles. The van der Waals surface area contributed by atoms with Crippen LogP contribution in [0.1, 0.15) is 0 Å². The van der Waals surface area contributed by atoms with E-state index < -0.39 is 0 Å². The Labute approximate surface area is 169 Å². The molecule has 6 rings (SSSR count). The summed E-state index contributed by atoms with van der Waals surface area (Å²) >= 11 is 9.88. The first-order valence-corrected chi connectivity index (χ1v) is 10.8. The molecule has 0 saturated heterocycles. The smallest absolute Gasteiger partial charge is 0.0448 e. The molecule has 0 bridgehead atoms. The molecule has 0 fully saturated rings. The van der Waals surface area contributed by atoms with Gasteiger partial charge in [-0.2, -0.15) is 0 Å². The number of halogens is 1. The standard InChI is InChI=1S/C24H13ClS2/c25-15-10-8-14(9-11-15)16-5-3-6-17-18-12-13-21-22(24(18)27-23(16)17)19-4-1-2-7-20(19)26-21/h1-13H. The van der Waals surface area contributed by atoms with Gasteiger partial charge in [0.2, 0.25) is 0 Å². The Morgan fingerprint density at radius 3 is 2.22 bits per heavy atom. The number of rotatable bonds is 1. The zero-order valence-electron chi connectivity index (χ0n) is 14.2. The quantitative estimate of drug-likeness (QED) is 0.259. The van der Waals surface area contributed by atoms with Crippen molar-refractivity contribution in [1.29, 1.82) is 0 Å². The minimum absolute atomic E-state index is 0.772. The van der Waals surface area contributed by atoms with E-state index in [9.17, 15) is 0 Å². The van der Waals surface area contributed by atoms with E-state index in [4.69, 9.17) is 11.6 Å². The van der Waals surface area contributed by atoms with Gasteiger partial charge in [0.1, 0.15) is 0 Å². The Morgan fingerprint density at radius 1 is 0.556 bits per heavy atom. The van der Waals surface area contributed by atoms with Crippen LogP contribution in [0.3, 0.4) is 0 Å². The second kappa shape index (κ2) is 5.80. The molecule has 4 aromatic carbocycles. The molecular weight excluding hydrogens is 388 g/mol. The van der Waals surface area contributed by atoms with Crippen LogP contribution in [0.25, 0.3) is 51.5 Å². The monoisotopic (exact) mass is 400 g/mol. The highest BCUT2D eigenvalue weighted by atomic mass is 35.5. The maximum absolute atomic E-state index is 6.09. The van der Waals surface area contributed by atoms with Crippen LogP contribution in [-0.4, -0.2) is 0 Å². The van der Waals surface area contributed by atoms with Crippen LogP contribution in [0.2, 0.25) is 5.02 Å². The normalized spacial score (nSPS) is 11.9. The summed E-state index contributed by atoms with van der Waals surface area (Å²) in [5.41, 5.74) is 2.49. The molecule has 2 heterocycles. The summed E-state index contributed by atoms with van der Waals surface area (Å²) in [6.07, 6.45) is 0. The van der Waals surface area contributed by atoms with Crippen LogP contribution in [0, 0.1) is 0 Å². The molecule has 128 valence electrons. The second-order valence-electron chi connectivity index (χ2n) is 6.70. The number of fused-ring (bicyclic) bond motifs is 7. The highest BCUT2D eigenvalue weighted by Crippen LogP contribution is 2.46. The molecule has 0 spiro atoms. The van der Waals surface area contributed by atoms with Gasteiger partial charge in [0.25, 0.3) is 0 Å². The zero-order valence-corrected chi connectivity index (χ0v) is 16.6. The number of thiophene rings is 2. The van der Waals surface area contributed by atoms with Gasteiger partial charge in [-0.25, -0.2) is 0 Å².